The number of nitrogens with zero attached hydrogens (tertiary/aromatic N) is 2. The van der Waals surface area contributed by atoms with Crippen molar-refractivity contribution < 1.29 is 9.59 Å². The molecule has 17 heavy (non-hydrogen) atoms. The van der Waals surface area contributed by atoms with Gasteiger partial charge < -0.3 is 15.1 Å². The van der Waals surface area contributed by atoms with E-state index in [0.29, 0.717) is 13.1 Å². The Labute approximate surface area is 102 Å². The predicted octanol–water partition coefficient (Wildman–Crippen LogP) is -0.325. The zero-order valence-electron chi connectivity index (χ0n) is 10.6. The third kappa shape index (κ3) is 2.44. The van der Waals surface area contributed by atoms with Gasteiger partial charge in [0.25, 0.3) is 0 Å². The van der Waals surface area contributed by atoms with Crippen molar-refractivity contribution in [2.75, 3.05) is 33.2 Å². The summed E-state index contributed by atoms with van der Waals surface area (Å²) in [5.74, 6) is 0.281. The zero-order chi connectivity index (χ0) is 12.4. The molecule has 2 heterocycles. The van der Waals surface area contributed by atoms with Gasteiger partial charge in [0.05, 0.1) is 12.5 Å². The Balaban J connectivity index is 1.94. The van der Waals surface area contributed by atoms with Crippen molar-refractivity contribution in [1.82, 2.24) is 15.1 Å². The predicted molar refractivity (Wildman–Crippen MR) is 64.4 cm³/mol. The fourth-order valence-corrected chi connectivity index (χ4v) is 2.60. The molecule has 2 saturated heterocycles. The fourth-order valence-electron chi connectivity index (χ4n) is 2.60. The lowest BCUT2D eigenvalue weighted by Crippen LogP contribution is -2.41. The highest BCUT2D eigenvalue weighted by Crippen LogP contribution is 2.26. The van der Waals surface area contributed by atoms with Gasteiger partial charge in [-0.1, -0.05) is 0 Å². The summed E-state index contributed by atoms with van der Waals surface area (Å²) in [4.78, 5) is 27.3. The average molecular weight is 239 g/mol. The molecule has 0 saturated carbocycles. The molecule has 0 aliphatic carbocycles. The Bertz CT molecular complexity index is 319. The number of hydrogen-bond donors (Lipinski definition) is 1. The SMILES string of the molecule is CCN(C)C(=O)CN1CC2NCCCC2C1=O. The monoisotopic (exact) mass is 239 g/mol. The van der Waals surface area contributed by atoms with E-state index in [2.05, 4.69) is 5.32 Å². The van der Waals surface area contributed by atoms with E-state index < -0.39 is 0 Å². The van der Waals surface area contributed by atoms with Crippen LogP contribution in [0.1, 0.15) is 19.8 Å². The van der Waals surface area contributed by atoms with Gasteiger partial charge >= 0.3 is 0 Å². The Morgan fingerprint density at radius 2 is 2.35 bits per heavy atom. The van der Waals surface area contributed by atoms with Crippen LogP contribution in [0.2, 0.25) is 0 Å². The number of likely N-dealkylation sites (N-methyl/N-ethyl adjacent to an activating group) is 1. The first kappa shape index (κ1) is 12.4. The van der Waals surface area contributed by atoms with E-state index in [1.807, 2.05) is 6.92 Å². The fraction of sp³-hybridized carbons (Fsp3) is 0.833. The van der Waals surface area contributed by atoms with Crippen LogP contribution in [0.5, 0.6) is 0 Å². The average Bonchev–Trinajstić information content (AvgIpc) is 2.66. The van der Waals surface area contributed by atoms with E-state index in [9.17, 15) is 9.59 Å². The topological polar surface area (TPSA) is 52.7 Å². The molecule has 2 fully saturated rings. The molecule has 5 heteroatoms. The molecule has 0 aromatic carbocycles. The molecule has 0 aromatic rings. The first-order chi connectivity index (χ1) is 8.13. The second-order valence-electron chi connectivity index (χ2n) is 4.94. The maximum atomic E-state index is 12.1. The smallest absolute Gasteiger partial charge is 0.241 e. The molecular weight excluding hydrogens is 218 g/mol. The number of fused-ring (bicyclic) bond motifs is 1. The first-order valence-corrected chi connectivity index (χ1v) is 6.39. The van der Waals surface area contributed by atoms with Crippen LogP contribution in [-0.4, -0.2) is 60.9 Å². The molecule has 1 N–H and O–H groups in total. The molecule has 0 bridgehead atoms. The highest BCUT2D eigenvalue weighted by molar-refractivity contribution is 5.88. The highest BCUT2D eigenvalue weighted by Gasteiger charge is 2.41. The lowest BCUT2D eigenvalue weighted by atomic mass is 9.94. The number of rotatable bonds is 3. The quantitative estimate of drug-likeness (QED) is 0.734. The number of nitrogens with one attached hydrogen (secondary N) is 1. The van der Waals surface area contributed by atoms with Gasteiger partial charge in [0.2, 0.25) is 11.8 Å². The van der Waals surface area contributed by atoms with Crippen LogP contribution >= 0.6 is 0 Å². The molecule has 96 valence electrons. The normalized spacial score (nSPS) is 28.1. The Hall–Kier alpha value is -1.10. The lowest BCUT2D eigenvalue weighted by Gasteiger charge is -2.23. The second kappa shape index (κ2) is 5.04. The number of likely N-dealkylation sites (tertiary alicyclic amines) is 1. The van der Waals surface area contributed by atoms with E-state index in [1.54, 1.807) is 16.8 Å². The molecule has 0 spiro atoms. The highest BCUT2D eigenvalue weighted by atomic mass is 16.2. The third-order valence-electron chi connectivity index (χ3n) is 3.86. The molecule has 2 aliphatic heterocycles. The summed E-state index contributed by atoms with van der Waals surface area (Å²) in [5, 5.41) is 3.37. The van der Waals surface area contributed by atoms with Gasteiger partial charge in [-0.3, -0.25) is 9.59 Å². The molecular formula is C12H21N3O2. The van der Waals surface area contributed by atoms with Gasteiger partial charge in [-0.05, 0) is 26.3 Å². The Morgan fingerprint density at radius 3 is 3.00 bits per heavy atom. The maximum absolute atomic E-state index is 12.1. The van der Waals surface area contributed by atoms with Crippen molar-refractivity contribution in [1.29, 1.82) is 0 Å². The summed E-state index contributed by atoms with van der Waals surface area (Å²) in [7, 11) is 1.77. The zero-order valence-corrected chi connectivity index (χ0v) is 10.6. The largest absolute Gasteiger partial charge is 0.345 e. The molecule has 2 aliphatic rings. The van der Waals surface area contributed by atoms with Gasteiger partial charge in [0.15, 0.2) is 0 Å². The van der Waals surface area contributed by atoms with Gasteiger partial charge in [0, 0.05) is 26.2 Å². The Kier molecular flexibility index (Phi) is 3.66. The summed E-state index contributed by atoms with van der Waals surface area (Å²) < 4.78 is 0. The number of piperidine rings is 1. The summed E-state index contributed by atoms with van der Waals surface area (Å²) in [6.45, 7) is 4.53. The number of carbonyl (C=O) groups excluding carboxylic acids is 2. The van der Waals surface area contributed by atoms with Crippen LogP contribution in [0, 0.1) is 5.92 Å². The summed E-state index contributed by atoms with van der Waals surface area (Å²) >= 11 is 0. The van der Waals surface area contributed by atoms with Crippen molar-refractivity contribution in [3.8, 4) is 0 Å². The number of hydrogen-bond acceptors (Lipinski definition) is 3. The minimum Gasteiger partial charge on any atom is -0.345 e. The molecule has 5 nitrogen and oxygen atoms in total. The van der Waals surface area contributed by atoms with Crippen LogP contribution in [0.15, 0.2) is 0 Å². The lowest BCUT2D eigenvalue weighted by molar-refractivity contribution is -0.139. The minimum atomic E-state index is 0.0273. The van der Waals surface area contributed by atoms with Gasteiger partial charge in [-0.2, -0.15) is 0 Å². The van der Waals surface area contributed by atoms with Crippen LogP contribution in [0.4, 0.5) is 0 Å². The van der Waals surface area contributed by atoms with Crippen molar-refractivity contribution in [3.05, 3.63) is 0 Å². The van der Waals surface area contributed by atoms with E-state index >= 15 is 0 Å². The van der Waals surface area contributed by atoms with Crippen LogP contribution in [0.3, 0.4) is 0 Å². The molecule has 2 amide bonds. The summed E-state index contributed by atoms with van der Waals surface area (Å²) in [6, 6.07) is 0.260. The molecule has 2 atom stereocenters. The van der Waals surface area contributed by atoms with Crippen molar-refractivity contribution >= 4 is 11.8 Å². The van der Waals surface area contributed by atoms with Crippen LogP contribution < -0.4 is 5.32 Å². The van der Waals surface area contributed by atoms with Crippen LogP contribution in [0.25, 0.3) is 0 Å². The standard InChI is InChI=1S/C12H21N3O2/c1-3-14(2)11(16)8-15-7-10-9(12(15)17)5-4-6-13-10/h9-10,13H,3-8H2,1-2H3. The van der Waals surface area contributed by atoms with E-state index in [1.165, 1.54) is 0 Å². The van der Waals surface area contributed by atoms with E-state index in [0.717, 1.165) is 19.4 Å². The van der Waals surface area contributed by atoms with Gasteiger partial charge in [0.1, 0.15) is 0 Å². The van der Waals surface area contributed by atoms with Gasteiger partial charge in [-0.15, -0.1) is 0 Å². The molecule has 0 radical (unpaired) electrons. The molecule has 2 unspecified atom stereocenters. The second-order valence-corrected chi connectivity index (χ2v) is 4.94. The van der Waals surface area contributed by atoms with Gasteiger partial charge in [-0.25, -0.2) is 0 Å². The molecule has 2 rings (SSSR count). The third-order valence-corrected chi connectivity index (χ3v) is 3.86. The summed E-state index contributed by atoms with van der Waals surface area (Å²) in [6.07, 6.45) is 2.02. The van der Waals surface area contributed by atoms with Crippen molar-refractivity contribution in [2.24, 2.45) is 5.92 Å². The van der Waals surface area contributed by atoms with E-state index in [-0.39, 0.29) is 30.3 Å². The van der Waals surface area contributed by atoms with Crippen LogP contribution in [-0.2, 0) is 9.59 Å². The van der Waals surface area contributed by atoms with Crippen molar-refractivity contribution in [2.45, 2.75) is 25.8 Å². The summed E-state index contributed by atoms with van der Waals surface area (Å²) in [5.41, 5.74) is 0. The maximum Gasteiger partial charge on any atom is 0.241 e. The molecule has 0 aromatic heterocycles. The number of carbonyl (C=O) groups is 2. The van der Waals surface area contributed by atoms with E-state index in [4.69, 9.17) is 0 Å². The van der Waals surface area contributed by atoms with Crippen molar-refractivity contribution in [3.63, 3.8) is 0 Å². The minimum absolute atomic E-state index is 0.0273. The number of amides is 2. The Morgan fingerprint density at radius 1 is 1.59 bits per heavy atom. The first-order valence-electron chi connectivity index (χ1n) is 6.39.